The van der Waals surface area contributed by atoms with Gasteiger partial charge in [0.2, 0.25) is 0 Å². The van der Waals surface area contributed by atoms with Gasteiger partial charge < -0.3 is 0 Å². The monoisotopic (exact) mass is 303 g/mol. The average Bonchev–Trinajstić information content (AvgIpc) is 2.98. The molecule has 0 bridgehead atoms. The molecule has 2 aromatic rings. The van der Waals surface area contributed by atoms with E-state index < -0.39 is 10.8 Å². The Morgan fingerprint density at radius 3 is 2.71 bits per heavy atom. The van der Waals surface area contributed by atoms with Crippen LogP contribution in [-0.4, -0.2) is 16.5 Å². The van der Waals surface area contributed by atoms with E-state index in [1.165, 1.54) is 29.5 Å². The highest BCUT2D eigenvalue weighted by molar-refractivity contribution is 7.12. The van der Waals surface area contributed by atoms with E-state index in [4.69, 9.17) is 0 Å². The largest absolute Gasteiger partial charge is 0.273 e. The zero-order valence-electron chi connectivity index (χ0n) is 11.5. The summed E-state index contributed by atoms with van der Waals surface area (Å²) in [6.45, 7) is 3.33. The molecule has 0 radical (unpaired) electrons. The molecule has 1 N–H and O–H groups in total. The maximum atomic E-state index is 12.1. The summed E-state index contributed by atoms with van der Waals surface area (Å²) in [4.78, 5) is 23.4. The number of hydrogen-bond acceptors (Lipinski definition) is 5. The number of carbonyl (C=O) groups excluding carboxylic acids is 1. The van der Waals surface area contributed by atoms with Gasteiger partial charge in [-0.15, -0.1) is 11.3 Å². The Morgan fingerprint density at radius 2 is 2.10 bits per heavy atom. The van der Waals surface area contributed by atoms with Crippen molar-refractivity contribution in [3.63, 3.8) is 0 Å². The number of amides is 1. The van der Waals surface area contributed by atoms with E-state index in [9.17, 15) is 14.9 Å². The summed E-state index contributed by atoms with van der Waals surface area (Å²) in [6.07, 6.45) is 0. The molecule has 2 rings (SSSR count). The first-order valence-corrected chi connectivity index (χ1v) is 7.01. The van der Waals surface area contributed by atoms with E-state index in [1.807, 2.05) is 17.5 Å². The molecule has 7 heteroatoms. The van der Waals surface area contributed by atoms with Gasteiger partial charge in [-0.2, -0.15) is 5.10 Å². The number of nitro benzene ring substituents is 1. The molecule has 0 atom stereocenters. The molecule has 0 saturated carbocycles. The van der Waals surface area contributed by atoms with E-state index in [2.05, 4.69) is 10.5 Å². The van der Waals surface area contributed by atoms with Crippen molar-refractivity contribution in [3.8, 4) is 0 Å². The van der Waals surface area contributed by atoms with Gasteiger partial charge in [0.25, 0.3) is 11.6 Å². The molecule has 1 amide bonds. The number of rotatable bonds is 4. The summed E-state index contributed by atoms with van der Waals surface area (Å²) >= 11 is 1.52. The first-order valence-electron chi connectivity index (χ1n) is 6.13. The number of nitrogens with one attached hydrogen (secondary N) is 1. The smallest absolute Gasteiger partial charge is 0.267 e. The van der Waals surface area contributed by atoms with Crippen LogP contribution in [0.1, 0.15) is 27.7 Å². The Bertz CT molecular complexity index is 708. The Kier molecular flexibility index (Phi) is 4.44. The van der Waals surface area contributed by atoms with Crippen LogP contribution >= 0.6 is 11.3 Å². The SMILES string of the molecule is C/C(=N\NC(=O)c1cccc([N+](=O)[O-])c1C)c1cccs1. The third-order valence-electron chi connectivity index (χ3n) is 2.95. The fraction of sp³-hybridized carbons (Fsp3) is 0.143. The van der Waals surface area contributed by atoms with Gasteiger partial charge in [-0.1, -0.05) is 12.1 Å². The van der Waals surface area contributed by atoms with Crippen LogP contribution < -0.4 is 5.43 Å². The summed E-state index contributed by atoms with van der Waals surface area (Å²) in [5.74, 6) is -0.466. The lowest BCUT2D eigenvalue weighted by Crippen LogP contribution is -2.20. The second-order valence-corrected chi connectivity index (χ2v) is 5.27. The van der Waals surface area contributed by atoms with E-state index in [1.54, 1.807) is 13.8 Å². The molecule has 0 unspecified atom stereocenters. The average molecular weight is 303 g/mol. The molecule has 0 saturated heterocycles. The lowest BCUT2D eigenvalue weighted by atomic mass is 10.1. The molecule has 1 aromatic carbocycles. The maximum absolute atomic E-state index is 12.1. The number of nitrogens with zero attached hydrogens (tertiary/aromatic N) is 2. The van der Waals surface area contributed by atoms with E-state index in [0.717, 1.165) is 4.88 Å². The molecule has 0 aliphatic carbocycles. The molecular weight excluding hydrogens is 290 g/mol. The molecular formula is C14H13N3O3S. The second kappa shape index (κ2) is 6.27. The van der Waals surface area contributed by atoms with Gasteiger partial charge in [0.1, 0.15) is 0 Å². The second-order valence-electron chi connectivity index (χ2n) is 4.32. The Balaban J connectivity index is 2.20. The lowest BCUT2D eigenvalue weighted by molar-refractivity contribution is -0.385. The van der Waals surface area contributed by atoms with Crippen molar-refractivity contribution in [2.24, 2.45) is 5.10 Å². The lowest BCUT2D eigenvalue weighted by Gasteiger charge is -2.05. The normalized spacial score (nSPS) is 11.2. The minimum absolute atomic E-state index is 0.0818. The van der Waals surface area contributed by atoms with Crippen LogP contribution in [0, 0.1) is 17.0 Å². The molecule has 1 heterocycles. The number of nitro groups is 1. The number of hydrogen-bond donors (Lipinski definition) is 1. The van der Waals surface area contributed by atoms with Crippen LogP contribution in [0.25, 0.3) is 0 Å². The van der Waals surface area contributed by atoms with E-state index in [0.29, 0.717) is 11.3 Å². The van der Waals surface area contributed by atoms with Gasteiger partial charge in [0.05, 0.1) is 16.2 Å². The zero-order valence-corrected chi connectivity index (χ0v) is 12.3. The third kappa shape index (κ3) is 3.32. The van der Waals surface area contributed by atoms with Crippen molar-refractivity contribution in [1.82, 2.24) is 5.43 Å². The summed E-state index contributed by atoms with van der Waals surface area (Å²) in [7, 11) is 0. The predicted molar refractivity (Wildman–Crippen MR) is 81.8 cm³/mol. The third-order valence-corrected chi connectivity index (χ3v) is 3.93. The minimum atomic E-state index is -0.508. The summed E-state index contributed by atoms with van der Waals surface area (Å²) in [6, 6.07) is 8.18. The van der Waals surface area contributed by atoms with Crippen molar-refractivity contribution in [2.75, 3.05) is 0 Å². The van der Waals surface area contributed by atoms with Crippen molar-refractivity contribution in [2.45, 2.75) is 13.8 Å². The summed E-state index contributed by atoms with van der Waals surface area (Å²) in [5, 5.41) is 16.8. The standard InChI is InChI=1S/C14H13N3O3S/c1-9-11(5-3-6-12(9)17(19)20)14(18)16-15-10(2)13-7-4-8-21-13/h3-8H,1-2H3,(H,16,18)/b15-10+. The van der Waals surface area contributed by atoms with E-state index in [-0.39, 0.29) is 11.3 Å². The van der Waals surface area contributed by atoms with Crippen LogP contribution in [0.3, 0.4) is 0 Å². The van der Waals surface area contributed by atoms with Crippen molar-refractivity contribution >= 4 is 28.6 Å². The highest BCUT2D eigenvalue weighted by Crippen LogP contribution is 2.21. The van der Waals surface area contributed by atoms with Crippen molar-refractivity contribution < 1.29 is 9.72 Å². The summed E-state index contributed by atoms with van der Waals surface area (Å²) < 4.78 is 0. The highest BCUT2D eigenvalue weighted by Gasteiger charge is 2.17. The molecule has 6 nitrogen and oxygen atoms in total. The fourth-order valence-electron chi connectivity index (χ4n) is 1.80. The van der Waals surface area contributed by atoms with Crippen molar-refractivity contribution in [1.29, 1.82) is 0 Å². The molecule has 21 heavy (non-hydrogen) atoms. The van der Waals surface area contributed by atoms with Gasteiger partial charge in [-0.25, -0.2) is 5.43 Å². The molecule has 0 fully saturated rings. The molecule has 1 aromatic heterocycles. The molecule has 0 spiro atoms. The maximum Gasteiger partial charge on any atom is 0.273 e. The first-order chi connectivity index (χ1) is 10.0. The van der Waals surface area contributed by atoms with Gasteiger partial charge in [0.15, 0.2) is 0 Å². The zero-order chi connectivity index (χ0) is 15.4. The fourth-order valence-corrected chi connectivity index (χ4v) is 2.48. The number of carbonyl (C=O) groups is 1. The first kappa shape index (κ1) is 14.9. The van der Waals surface area contributed by atoms with Crippen LogP contribution in [0.15, 0.2) is 40.8 Å². The van der Waals surface area contributed by atoms with Crippen LogP contribution in [0.5, 0.6) is 0 Å². The summed E-state index contributed by atoms with van der Waals surface area (Å²) in [5.41, 5.74) is 3.59. The Morgan fingerprint density at radius 1 is 1.33 bits per heavy atom. The number of hydrazone groups is 1. The molecule has 0 aliphatic rings. The Hall–Kier alpha value is -2.54. The van der Waals surface area contributed by atoms with Crippen LogP contribution in [0.4, 0.5) is 5.69 Å². The van der Waals surface area contributed by atoms with Gasteiger partial charge in [-0.3, -0.25) is 14.9 Å². The minimum Gasteiger partial charge on any atom is -0.267 e. The van der Waals surface area contributed by atoms with Crippen molar-refractivity contribution in [3.05, 3.63) is 61.8 Å². The number of benzene rings is 1. The van der Waals surface area contributed by atoms with E-state index >= 15 is 0 Å². The molecule has 108 valence electrons. The highest BCUT2D eigenvalue weighted by atomic mass is 32.1. The number of thiophene rings is 1. The van der Waals surface area contributed by atoms with Gasteiger partial charge >= 0.3 is 0 Å². The van der Waals surface area contributed by atoms with Crippen LogP contribution in [-0.2, 0) is 0 Å². The predicted octanol–water partition coefficient (Wildman–Crippen LogP) is 3.12. The van der Waals surface area contributed by atoms with Gasteiger partial charge in [-0.05, 0) is 31.4 Å². The topological polar surface area (TPSA) is 84.6 Å². The Labute approximate surface area is 125 Å². The molecule has 0 aliphatic heterocycles. The van der Waals surface area contributed by atoms with Crippen LogP contribution in [0.2, 0.25) is 0 Å². The van der Waals surface area contributed by atoms with Gasteiger partial charge in [0, 0.05) is 16.5 Å². The quantitative estimate of drug-likeness (QED) is 0.535.